The number of benzene rings is 1. The number of hydrogen-bond donors (Lipinski definition) is 1. The second-order valence-electron chi connectivity index (χ2n) is 4.29. The van der Waals surface area contributed by atoms with Crippen molar-refractivity contribution in [1.29, 1.82) is 0 Å². The van der Waals surface area contributed by atoms with Gasteiger partial charge in [-0.1, -0.05) is 11.6 Å². The maximum absolute atomic E-state index is 11.9. The Morgan fingerprint density at radius 3 is 2.75 bits per heavy atom. The predicted molar refractivity (Wildman–Crippen MR) is 74.4 cm³/mol. The number of amides is 1. The highest BCUT2D eigenvalue weighted by Crippen LogP contribution is 2.16. The third kappa shape index (κ3) is 3.71. The van der Waals surface area contributed by atoms with Crippen LogP contribution in [0.15, 0.2) is 30.6 Å². The molecule has 1 N–H and O–H groups in total. The molecule has 2 rings (SSSR count). The minimum Gasteiger partial charge on any atom is -0.481 e. The summed E-state index contributed by atoms with van der Waals surface area (Å²) in [5.74, 6) is 1.05. The highest BCUT2D eigenvalue weighted by atomic mass is 35.5. The lowest BCUT2D eigenvalue weighted by Gasteiger charge is -2.14. The molecule has 0 radical (unpaired) electrons. The van der Waals surface area contributed by atoms with Crippen molar-refractivity contribution in [2.45, 2.75) is 19.6 Å². The van der Waals surface area contributed by atoms with Gasteiger partial charge in [-0.25, -0.2) is 0 Å². The summed E-state index contributed by atoms with van der Waals surface area (Å²) >= 11 is 5.78. The second-order valence-corrected chi connectivity index (χ2v) is 4.73. The molecule has 0 unspecified atom stereocenters. The summed E-state index contributed by atoms with van der Waals surface area (Å²) in [5.41, 5.74) is 0. The Morgan fingerprint density at radius 1 is 1.45 bits per heavy atom. The SMILES string of the molecule is C[C@H](Oc1ccc(Cl)cc1)C(=O)NCc1nncn1C. The van der Waals surface area contributed by atoms with Crippen molar-refractivity contribution in [3.05, 3.63) is 41.4 Å². The summed E-state index contributed by atoms with van der Waals surface area (Å²) in [5, 5.41) is 11.0. The summed E-state index contributed by atoms with van der Waals surface area (Å²) in [6, 6.07) is 6.85. The monoisotopic (exact) mass is 294 g/mol. The van der Waals surface area contributed by atoms with Gasteiger partial charge >= 0.3 is 0 Å². The van der Waals surface area contributed by atoms with Crippen molar-refractivity contribution >= 4 is 17.5 Å². The van der Waals surface area contributed by atoms with Crippen molar-refractivity contribution in [1.82, 2.24) is 20.1 Å². The van der Waals surface area contributed by atoms with Gasteiger partial charge in [0.1, 0.15) is 12.1 Å². The molecule has 20 heavy (non-hydrogen) atoms. The molecule has 106 valence electrons. The maximum Gasteiger partial charge on any atom is 0.261 e. The molecular weight excluding hydrogens is 280 g/mol. The molecule has 0 aliphatic rings. The average molecular weight is 295 g/mol. The molecule has 1 atom stereocenters. The van der Waals surface area contributed by atoms with Crippen LogP contribution in [0.2, 0.25) is 5.02 Å². The molecule has 0 aliphatic heterocycles. The van der Waals surface area contributed by atoms with Gasteiger partial charge in [-0.05, 0) is 31.2 Å². The van der Waals surface area contributed by atoms with Crippen LogP contribution in [-0.2, 0) is 18.4 Å². The van der Waals surface area contributed by atoms with E-state index in [1.807, 2.05) is 7.05 Å². The summed E-state index contributed by atoms with van der Waals surface area (Å²) in [6.45, 7) is 1.99. The molecule has 0 aliphatic carbocycles. The number of carbonyl (C=O) groups is 1. The molecule has 0 fully saturated rings. The van der Waals surface area contributed by atoms with E-state index in [9.17, 15) is 4.79 Å². The number of aromatic nitrogens is 3. The Hall–Kier alpha value is -2.08. The van der Waals surface area contributed by atoms with E-state index in [0.717, 1.165) is 0 Å². The van der Waals surface area contributed by atoms with Gasteiger partial charge in [0.15, 0.2) is 11.9 Å². The highest BCUT2D eigenvalue weighted by molar-refractivity contribution is 6.30. The Bertz CT molecular complexity index is 582. The van der Waals surface area contributed by atoms with Crippen LogP contribution < -0.4 is 10.1 Å². The fourth-order valence-electron chi connectivity index (χ4n) is 1.55. The fourth-order valence-corrected chi connectivity index (χ4v) is 1.67. The van der Waals surface area contributed by atoms with Crippen LogP contribution in [0.3, 0.4) is 0 Å². The van der Waals surface area contributed by atoms with Gasteiger partial charge < -0.3 is 14.6 Å². The van der Waals surface area contributed by atoms with Crippen molar-refractivity contribution in [3.8, 4) is 5.75 Å². The largest absolute Gasteiger partial charge is 0.481 e. The Balaban J connectivity index is 1.86. The smallest absolute Gasteiger partial charge is 0.261 e. The van der Waals surface area contributed by atoms with Crippen LogP contribution in [0.4, 0.5) is 0 Å². The van der Waals surface area contributed by atoms with E-state index >= 15 is 0 Å². The number of rotatable bonds is 5. The van der Waals surface area contributed by atoms with E-state index in [-0.39, 0.29) is 5.91 Å². The fraction of sp³-hybridized carbons (Fsp3) is 0.308. The van der Waals surface area contributed by atoms with Crippen LogP contribution in [0, 0.1) is 0 Å². The maximum atomic E-state index is 11.9. The van der Waals surface area contributed by atoms with Gasteiger partial charge in [0.25, 0.3) is 5.91 Å². The molecule has 6 nitrogen and oxygen atoms in total. The molecule has 1 amide bonds. The second kappa shape index (κ2) is 6.38. The first-order valence-electron chi connectivity index (χ1n) is 6.09. The molecule has 0 spiro atoms. The molecule has 1 heterocycles. The van der Waals surface area contributed by atoms with Crippen LogP contribution in [0.5, 0.6) is 5.75 Å². The first kappa shape index (κ1) is 14.3. The lowest BCUT2D eigenvalue weighted by atomic mass is 10.3. The zero-order chi connectivity index (χ0) is 14.5. The standard InChI is InChI=1S/C13H15ClN4O2/c1-9(20-11-5-3-10(14)4-6-11)13(19)15-7-12-17-16-8-18(12)2/h3-6,8-9H,7H2,1-2H3,(H,15,19)/t9-/m0/s1. The Labute approximate surface area is 121 Å². The van der Waals surface area contributed by atoms with Gasteiger partial charge in [0.2, 0.25) is 0 Å². The van der Waals surface area contributed by atoms with E-state index in [1.165, 1.54) is 0 Å². The lowest BCUT2D eigenvalue weighted by Crippen LogP contribution is -2.36. The minimum atomic E-state index is -0.607. The summed E-state index contributed by atoms with van der Waals surface area (Å²) in [7, 11) is 1.81. The van der Waals surface area contributed by atoms with Gasteiger partial charge in [-0.2, -0.15) is 0 Å². The van der Waals surface area contributed by atoms with Crippen molar-refractivity contribution < 1.29 is 9.53 Å². The van der Waals surface area contributed by atoms with Gasteiger partial charge in [0, 0.05) is 12.1 Å². The summed E-state index contributed by atoms with van der Waals surface area (Å²) in [4.78, 5) is 11.9. The third-order valence-electron chi connectivity index (χ3n) is 2.72. The van der Waals surface area contributed by atoms with E-state index in [2.05, 4.69) is 15.5 Å². The van der Waals surface area contributed by atoms with Gasteiger partial charge in [0.05, 0.1) is 6.54 Å². The highest BCUT2D eigenvalue weighted by Gasteiger charge is 2.15. The number of hydrogen-bond acceptors (Lipinski definition) is 4. The minimum absolute atomic E-state index is 0.219. The first-order chi connectivity index (χ1) is 9.56. The van der Waals surface area contributed by atoms with Gasteiger partial charge in [-0.15, -0.1) is 10.2 Å². The molecule has 1 aromatic carbocycles. The van der Waals surface area contributed by atoms with Crippen molar-refractivity contribution in [2.75, 3.05) is 0 Å². The number of halogens is 1. The number of nitrogens with zero attached hydrogens (tertiary/aromatic N) is 3. The topological polar surface area (TPSA) is 69.0 Å². The molecule has 0 saturated heterocycles. The van der Waals surface area contributed by atoms with Crippen LogP contribution >= 0.6 is 11.6 Å². The first-order valence-corrected chi connectivity index (χ1v) is 6.47. The van der Waals surface area contributed by atoms with Crippen LogP contribution in [-0.4, -0.2) is 26.8 Å². The zero-order valence-electron chi connectivity index (χ0n) is 11.2. The quantitative estimate of drug-likeness (QED) is 0.908. The Kier molecular flexibility index (Phi) is 4.57. The lowest BCUT2D eigenvalue weighted by molar-refractivity contribution is -0.127. The van der Waals surface area contributed by atoms with Crippen LogP contribution in [0.25, 0.3) is 0 Å². The Morgan fingerprint density at radius 2 is 2.15 bits per heavy atom. The molecular formula is C13H15ClN4O2. The number of ether oxygens (including phenoxy) is 1. The molecule has 0 bridgehead atoms. The van der Waals surface area contributed by atoms with Crippen molar-refractivity contribution in [3.63, 3.8) is 0 Å². The van der Waals surface area contributed by atoms with Crippen molar-refractivity contribution in [2.24, 2.45) is 7.05 Å². The summed E-state index contributed by atoms with van der Waals surface area (Å²) in [6.07, 6.45) is 0.971. The van der Waals surface area contributed by atoms with E-state index in [1.54, 1.807) is 42.1 Å². The number of carbonyl (C=O) groups excluding carboxylic acids is 1. The predicted octanol–water partition coefficient (Wildman–Crippen LogP) is 1.55. The molecule has 1 aromatic heterocycles. The summed E-state index contributed by atoms with van der Waals surface area (Å²) < 4.78 is 7.26. The molecule has 2 aromatic rings. The van der Waals surface area contributed by atoms with Gasteiger partial charge in [-0.3, -0.25) is 4.79 Å². The zero-order valence-corrected chi connectivity index (χ0v) is 12.0. The number of nitrogens with one attached hydrogen (secondary N) is 1. The van der Waals surface area contributed by atoms with E-state index in [0.29, 0.717) is 23.1 Å². The normalized spacial score (nSPS) is 11.9. The third-order valence-corrected chi connectivity index (χ3v) is 2.97. The average Bonchev–Trinajstić information content (AvgIpc) is 2.84. The number of aryl methyl sites for hydroxylation is 1. The molecule has 7 heteroatoms. The van der Waals surface area contributed by atoms with E-state index in [4.69, 9.17) is 16.3 Å². The van der Waals surface area contributed by atoms with Crippen LogP contribution in [0.1, 0.15) is 12.7 Å². The molecule has 0 saturated carbocycles. The van der Waals surface area contributed by atoms with E-state index < -0.39 is 6.10 Å².